The monoisotopic (exact) mass is 393 g/mol. The van der Waals surface area contributed by atoms with Crippen molar-refractivity contribution in [2.75, 3.05) is 5.32 Å². The summed E-state index contributed by atoms with van der Waals surface area (Å²) in [6, 6.07) is 17.3. The summed E-state index contributed by atoms with van der Waals surface area (Å²) in [6.07, 6.45) is 2.50. The Balaban J connectivity index is 1.77. The maximum absolute atomic E-state index is 13.0. The molecule has 0 aliphatic carbocycles. The summed E-state index contributed by atoms with van der Waals surface area (Å²) in [6.45, 7) is 6.16. The molecular weight excluding hydrogens is 370 g/mol. The van der Waals surface area contributed by atoms with E-state index >= 15 is 0 Å². The second-order valence-corrected chi connectivity index (χ2v) is 7.71. The fraction of sp³-hybridized carbons (Fsp3) is 0.261. The summed E-state index contributed by atoms with van der Waals surface area (Å²) in [4.78, 5) is 21.5. The number of carbonyl (C=O) groups excluding carboxylic acids is 1. The van der Waals surface area contributed by atoms with Gasteiger partial charge in [0.05, 0.1) is 11.6 Å². The summed E-state index contributed by atoms with van der Waals surface area (Å²) in [5, 5.41) is 3.42. The summed E-state index contributed by atoms with van der Waals surface area (Å²) in [5.74, 6) is -0.0639. The van der Waals surface area contributed by atoms with E-state index in [1.807, 2.05) is 55.5 Å². The molecule has 0 bridgehead atoms. The van der Waals surface area contributed by atoms with Gasteiger partial charge in [-0.1, -0.05) is 43.6 Å². The first kappa shape index (κ1) is 20.0. The number of rotatable bonds is 6. The van der Waals surface area contributed by atoms with E-state index in [1.165, 1.54) is 0 Å². The fourth-order valence-corrected chi connectivity index (χ4v) is 3.32. The standard InChI is InChI=1S/C23H24ClN3O/c1-15(2)13-20(21-5-4-6-22(24)27-21)23(28)26-19-9-7-17(8-10-19)18-11-12-25-16(3)14-18/h4-12,14-15,20H,13H2,1-3H3,(H,26,28). The Morgan fingerprint density at radius 3 is 2.46 bits per heavy atom. The van der Waals surface area contributed by atoms with Crippen LogP contribution in [0.25, 0.3) is 11.1 Å². The fourth-order valence-electron chi connectivity index (χ4n) is 3.15. The van der Waals surface area contributed by atoms with E-state index in [1.54, 1.807) is 12.3 Å². The number of aryl methyl sites for hydroxylation is 1. The normalized spacial score (nSPS) is 12.0. The minimum atomic E-state index is -0.346. The van der Waals surface area contributed by atoms with Crippen LogP contribution in [0.3, 0.4) is 0 Å². The number of hydrogen-bond acceptors (Lipinski definition) is 3. The van der Waals surface area contributed by atoms with Crippen molar-refractivity contribution in [3.63, 3.8) is 0 Å². The molecule has 0 fully saturated rings. The Morgan fingerprint density at radius 1 is 1.07 bits per heavy atom. The third-order valence-corrected chi connectivity index (χ3v) is 4.71. The molecule has 0 saturated carbocycles. The molecule has 2 aromatic heterocycles. The Hall–Kier alpha value is -2.72. The predicted molar refractivity (Wildman–Crippen MR) is 114 cm³/mol. The van der Waals surface area contributed by atoms with E-state index < -0.39 is 0 Å². The number of benzene rings is 1. The molecule has 0 aliphatic rings. The van der Waals surface area contributed by atoms with Crippen LogP contribution < -0.4 is 5.32 Å². The Labute approximate surface area is 171 Å². The molecule has 1 N–H and O–H groups in total. The van der Waals surface area contributed by atoms with E-state index in [9.17, 15) is 4.79 Å². The van der Waals surface area contributed by atoms with Gasteiger partial charge in [-0.15, -0.1) is 0 Å². The highest BCUT2D eigenvalue weighted by Gasteiger charge is 2.23. The molecule has 5 heteroatoms. The number of nitrogens with one attached hydrogen (secondary N) is 1. The van der Waals surface area contributed by atoms with Gasteiger partial charge in [0.15, 0.2) is 0 Å². The highest BCUT2D eigenvalue weighted by Crippen LogP contribution is 2.26. The van der Waals surface area contributed by atoms with Gasteiger partial charge in [0.2, 0.25) is 5.91 Å². The van der Waals surface area contributed by atoms with Gasteiger partial charge in [-0.05, 0) is 66.8 Å². The smallest absolute Gasteiger partial charge is 0.233 e. The molecule has 144 valence electrons. The highest BCUT2D eigenvalue weighted by atomic mass is 35.5. The lowest BCUT2D eigenvalue weighted by atomic mass is 9.92. The summed E-state index contributed by atoms with van der Waals surface area (Å²) in [5.41, 5.74) is 4.61. The van der Waals surface area contributed by atoms with Crippen molar-refractivity contribution in [3.05, 3.63) is 77.3 Å². The largest absolute Gasteiger partial charge is 0.326 e. The molecule has 0 radical (unpaired) electrons. The second-order valence-electron chi connectivity index (χ2n) is 7.32. The minimum absolute atomic E-state index is 0.0732. The van der Waals surface area contributed by atoms with Crippen LogP contribution in [0.15, 0.2) is 60.8 Å². The zero-order valence-electron chi connectivity index (χ0n) is 16.3. The van der Waals surface area contributed by atoms with Crippen molar-refractivity contribution in [1.82, 2.24) is 9.97 Å². The lowest BCUT2D eigenvalue weighted by Crippen LogP contribution is -2.23. The molecule has 0 spiro atoms. The van der Waals surface area contributed by atoms with E-state index in [2.05, 4.69) is 29.1 Å². The van der Waals surface area contributed by atoms with Gasteiger partial charge in [0.1, 0.15) is 5.15 Å². The topological polar surface area (TPSA) is 54.9 Å². The first-order valence-corrected chi connectivity index (χ1v) is 9.76. The quantitative estimate of drug-likeness (QED) is 0.532. The number of nitrogens with zero attached hydrogens (tertiary/aromatic N) is 2. The Bertz CT molecular complexity index is 954. The number of anilines is 1. The summed E-state index contributed by atoms with van der Waals surface area (Å²) in [7, 11) is 0. The SMILES string of the molecule is Cc1cc(-c2ccc(NC(=O)C(CC(C)C)c3cccc(Cl)n3)cc2)ccn1. The zero-order valence-corrected chi connectivity index (χ0v) is 17.1. The van der Waals surface area contributed by atoms with Gasteiger partial charge in [-0.25, -0.2) is 4.98 Å². The second kappa shape index (κ2) is 8.98. The third kappa shape index (κ3) is 5.17. The van der Waals surface area contributed by atoms with E-state index in [0.717, 1.165) is 22.5 Å². The Kier molecular flexibility index (Phi) is 6.42. The number of aromatic nitrogens is 2. The van der Waals surface area contributed by atoms with Crippen LogP contribution in [0.1, 0.15) is 37.6 Å². The van der Waals surface area contributed by atoms with Gasteiger partial charge < -0.3 is 5.32 Å². The van der Waals surface area contributed by atoms with Crippen molar-refractivity contribution in [1.29, 1.82) is 0 Å². The molecule has 1 atom stereocenters. The molecule has 3 aromatic rings. The number of hydrogen-bond donors (Lipinski definition) is 1. The summed E-state index contributed by atoms with van der Waals surface area (Å²) < 4.78 is 0. The van der Waals surface area contributed by atoms with Crippen molar-refractivity contribution < 1.29 is 4.79 Å². The van der Waals surface area contributed by atoms with Gasteiger partial charge in [-0.3, -0.25) is 9.78 Å². The molecule has 28 heavy (non-hydrogen) atoms. The van der Waals surface area contributed by atoms with Crippen molar-refractivity contribution in [2.45, 2.75) is 33.1 Å². The van der Waals surface area contributed by atoms with Crippen molar-refractivity contribution in [2.24, 2.45) is 5.92 Å². The molecule has 1 amide bonds. The maximum atomic E-state index is 13.0. The van der Waals surface area contributed by atoms with Gasteiger partial charge in [0.25, 0.3) is 0 Å². The zero-order chi connectivity index (χ0) is 20.1. The molecule has 0 saturated heterocycles. The van der Waals surface area contributed by atoms with Gasteiger partial charge in [0, 0.05) is 17.6 Å². The number of amides is 1. The number of carbonyl (C=O) groups is 1. The van der Waals surface area contributed by atoms with Crippen LogP contribution in [0.2, 0.25) is 5.15 Å². The van der Waals surface area contributed by atoms with Crippen LogP contribution in [-0.2, 0) is 4.79 Å². The summed E-state index contributed by atoms with van der Waals surface area (Å²) >= 11 is 6.03. The van der Waals surface area contributed by atoms with Gasteiger partial charge >= 0.3 is 0 Å². The first-order chi connectivity index (χ1) is 13.4. The van der Waals surface area contributed by atoms with Gasteiger partial charge in [-0.2, -0.15) is 0 Å². The number of halogens is 1. The van der Waals surface area contributed by atoms with Crippen LogP contribution in [0, 0.1) is 12.8 Å². The van der Waals surface area contributed by atoms with E-state index in [4.69, 9.17) is 11.6 Å². The Morgan fingerprint density at radius 2 is 1.82 bits per heavy atom. The molecular formula is C23H24ClN3O. The van der Waals surface area contributed by atoms with Crippen LogP contribution in [-0.4, -0.2) is 15.9 Å². The number of pyridine rings is 2. The lowest BCUT2D eigenvalue weighted by molar-refractivity contribution is -0.118. The molecule has 1 unspecified atom stereocenters. The van der Waals surface area contributed by atoms with E-state index in [-0.39, 0.29) is 11.8 Å². The van der Waals surface area contributed by atoms with Crippen molar-refractivity contribution in [3.8, 4) is 11.1 Å². The average molecular weight is 394 g/mol. The van der Waals surface area contributed by atoms with Crippen LogP contribution in [0.5, 0.6) is 0 Å². The third-order valence-electron chi connectivity index (χ3n) is 4.50. The highest BCUT2D eigenvalue weighted by molar-refractivity contribution is 6.29. The molecule has 0 aliphatic heterocycles. The molecule has 2 heterocycles. The van der Waals surface area contributed by atoms with E-state index in [0.29, 0.717) is 23.2 Å². The average Bonchev–Trinajstić information content (AvgIpc) is 2.66. The molecule has 4 nitrogen and oxygen atoms in total. The molecule has 3 rings (SSSR count). The lowest BCUT2D eigenvalue weighted by Gasteiger charge is -2.18. The molecule has 1 aromatic carbocycles. The maximum Gasteiger partial charge on any atom is 0.233 e. The minimum Gasteiger partial charge on any atom is -0.326 e. The predicted octanol–water partition coefficient (Wildman–Crippen LogP) is 5.87. The van der Waals surface area contributed by atoms with Crippen LogP contribution >= 0.6 is 11.6 Å². The van der Waals surface area contributed by atoms with Crippen molar-refractivity contribution >= 4 is 23.2 Å². The van der Waals surface area contributed by atoms with Crippen LogP contribution in [0.4, 0.5) is 5.69 Å². The first-order valence-electron chi connectivity index (χ1n) is 9.39.